The van der Waals surface area contributed by atoms with Gasteiger partial charge in [0.2, 0.25) is 0 Å². The molecule has 3 nitrogen and oxygen atoms in total. The van der Waals surface area contributed by atoms with Crippen molar-refractivity contribution in [1.82, 2.24) is 5.32 Å². The summed E-state index contributed by atoms with van der Waals surface area (Å²) in [7, 11) is 0. The largest absolute Gasteiger partial charge is 0.491 e. The third kappa shape index (κ3) is 6.24. The predicted molar refractivity (Wildman–Crippen MR) is 78.4 cm³/mol. The van der Waals surface area contributed by atoms with Gasteiger partial charge in [0.25, 0.3) is 0 Å². The summed E-state index contributed by atoms with van der Waals surface area (Å²) < 4.78 is 6.67. The molecule has 0 fully saturated rings. The average Bonchev–Trinajstić information content (AvgIpc) is 2.35. The second-order valence-electron chi connectivity index (χ2n) is 4.14. The summed E-state index contributed by atoms with van der Waals surface area (Å²) in [6.45, 7) is 5.11. The average molecular weight is 349 g/mol. The molecule has 0 bridgehead atoms. The number of rotatable bonds is 7. The highest BCUT2D eigenvalue weighted by molar-refractivity contribution is 14.1. The van der Waals surface area contributed by atoms with E-state index in [0.717, 1.165) is 12.2 Å². The van der Waals surface area contributed by atoms with E-state index in [-0.39, 0.29) is 0 Å². The van der Waals surface area contributed by atoms with Crippen LogP contribution in [0.1, 0.15) is 20.3 Å². The van der Waals surface area contributed by atoms with Gasteiger partial charge in [0.15, 0.2) is 0 Å². The minimum atomic E-state index is -0.469. The molecule has 0 aliphatic rings. The van der Waals surface area contributed by atoms with Gasteiger partial charge >= 0.3 is 0 Å². The van der Waals surface area contributed by atoms with Crippen LogP contribution in [0.25, 0.3) is 0 Å². The Bertz CT molecular complexity index is 316. The molecule has 1 aromatic carbocycles. The predicted octanol–water partition coefficient (Wildman–Crippen LogP) is 2.42. The molecule has 4 heteroatoms. The van der Waals surface area contributed by atoms with E-state index < -0.39 is 6.10 Å². The molecule has 0 saturated carbocycles. The van der Waals surface area contributed by atoms with Crippen LogP contribution in [0.4, 0.5) is 0 Å². The highest BCUT2D eigenvalue weighted by atomic mass is 127. The zero-order chi connectivity index (χ0) is 12.7. The van der Waals surface area contributed by atoms with Crippen molar-refractivity contribution in [2.75, 3.05) is 13.2 Å². The van der Waals surface area contributed by atoms with Gasteiger partial charge in [0, 0.05) is 16.2 Å². The Morgan fingerprint density at radius 2 is 2.00 bits per heavy atom. The fraction of sp³-hybridized carbons (Fsp3) is 0.538. The molecule has 0 saturated heterocycles. The first-order valence-electron chi connectivity index (χ1n) is 5.91. The summed E-state index contributed by atoms with van der Waals surface area (Å²) in [6.07, 6.45) is 0.591. The number of hydrogen-bond donors (Lipinski definition) is 2. The van der Waals surface area contributed by atoms with Crippen LogP contribution in [0.15, 0.2) is 24.3 Å². The lowest BCUT2D eigenvalue weighted by Crippen LogP contribution is -2.36. The van der Waals surface area contributed by atoms with Crippen LogP contribution in [0, 0.1) is 3.57 Å². The Hall–Kier alpha value is -0.330. The molecule has 17 heavy (non-hydrogen) atoms. The quantitative estimate of drug-likeness (QED) is 0.743. The van der Waals surface area contributed by atoms with E-state index in [1.165, 1.54) is 3.57 Å². The van der Waals surface area contributed by atoms with Crippen molar-refractivity contribution >= 4 is 22.6 Å². The summed E-state index contributed by atoms with van der Waals surface area (Å²) in [5.74, 6) is 0.799. The van der Waals surface area contributed by atoms with Gasteiger partial charge in [-0.15, -0.1) is 0 Å². The first kappa shape index (κ1) is 14.7. The second-order valence-corrected chi connectivity index (χ2v) is 5.38. The number of aliphatic hydroxyl groups is 1. The summed E-state index contributed by atoms with van der Waals surface area (Å²) in [5.41, 5.74) is 0. The van der Waals surface area contributed by atoms with Crippen LogP contribution < -0.4 is 10.1 Å². The number of aliphatic hydroxyl groups excluding tert-OH is 1. The maximum absolute atomic E-state index is 9.72. The van der Waals surface area contributed by atoms with Crippen LogP contribution in [0.2, 0.25) is 0 Å². The molecule has 0 radical (unpaired) electrons. The van der Waals surface area contributed by atoms with Crippen molar-refractivity contribution in [2.24, 2.45) is 0 Å². The molecule has 0 aliphatic carbocycles. The topological polar surface area (TPSA) is 41.5 Å². The van der Waals surface area contributed by atoms with Crippen molar-refractivity contribution in [2.45, 2.75) is 32.4 Å². The number of benzene rings is 1. The third-order valence-corrected chi connectivity index (χ3v) is 3.29. The lowest BCUT2D eigenvalue weighted by molar-refractivity contribution is 0.104. The smallest absolute Gasteiger partial charge is 0.119 e. The first-order valence-corrected chi connectivity index (χ1v) is 6.99. The Morgan fingerprint density at radius 1 is 1.35 bits per heavy atom. The van der Waals surface area contributed by atoms with Gasteiger partial charge in [-0.25, -0.2) is 0 Å². The van der Waals surface area contributed by atoms with Crippen molar-refractivity contribution < 1.29 is 9.84 Å². The SMILES string of the molecule is CCC(C)NCC(O)COc1ccc(I)cc1. The highest BCUT2D eigenvalue weighted by Crippen LogP contribution is 2.13. The Labute approximate surface area is 117 Å². The van der Waals surface area contributed by atoms with Crippen molar-refractivity contribution in [1.29, 1.82) is 0 Å². The van der Waals surface area contributed by atoms with E-state index in [0.29, 0.717) is 19.2 Å². The van der Waals surface area contributed by atoms with Crippen LogP contribution in [0.3, 0.4) is 0 Å². The lowest BCUT2D eigenvalue weighted by Gasteiger charge is -2.16. The zero-order valence-corrected chi connectivity index (χ0v) is 12.5. The standard InChI is InChI=1S/C13H20INO2/c1-3-10(2)15-8-12(16)9-17-13-6-4-11(14)5-7-13/h4-7,10,12,15-16H,3,8-9H2,1-2H3. The summed E-state index contributed by atoms with van der Waals surface area (Å²) in [6, 6.07) is 8.23. The molecule has 2 N–H and O–H groups in total. The molecule has 0 aromatic heterocycles. The van der Waals surface area contributed by atoms with E-state index in [1.54, 1.807) is 0 Å². The van der Waals surface area contributed by atoms with Crippen LogP contribution >= 0.6 is 22.6 Å². The number of halogens is 1. The molecule has 0 spiro atoms. The minimum absolute atomic E-state index is 0.323. The fourth-order valence-corrected chi connectivity index (χ4v) is 1.62. The van der Waals surface area contributed by atoms with Crippen molar-refractivity contribution in [3.05, 3.63) is 27.8 Å². The maximum atomic E-state index is 9.72. The maximum Gasteiger partial charge on any atom is 0.119 e. The number of hydrogen-bond acceptors (Lipinski definition) is 3. The summed E-state index contributed by atoms with van der Waals surface area (Å²) in [5, 5.41) is 13.0. The normalized spacial score (nSPS) is 14.4. The molecule has 2 atom stereocenters. The monoisotopic (exact) mass is 349 g/mol. The second kappa shape index (κ2) is 7.89. The minimum Gasteiger partial charge on any atom is -0.491 e. The molecule has 2 unspecified atom stereocenters. The van der Waals surface area contributed by atoms with Crippen LogP contribution in [-0.2, 0) is 0 Å². The van der Waals surface area contributed by atoms with Gasteiger partial charge in [-0.05, 0) is 60.2 Å². The Kier molecular flexibility index (Phi) is 6.84. The highest BCUT2D eigenvalue weighted by Gasteiger charge is 2.06. The van der Waals surface area contributed by atoms with Crippen molar-refractivity contribution in [3.63, 3.8) is 0 Å². The molecule has 1 aromatic rings. The molecule has 0 aliphatic heterocycles. The molecule has 96 valence electrons. The van der Waals surface area contributed by atoms with Gasteiger partial charge < -0.3 is 15.2 Å². The molecule has 1 rings (SSSR count). The molecular weight excluding hydrogens is 329 g/mol. The summed E-state index contributed by atoms with van der Waals surface area (Å²) in [4.78, 5) is 0. The fourth-order valence-electron chi connectivity index (χ4n) is 1.26. The van der Waals surface area contributed by atoms with Gasteiger partial charge in [-0.2, -0.15) is 0 Å². The van der Waals surface area contributed by atoms with E-state index in [4.69, 9.17) is 4.74 Å². The van der Waals surface area contributed by atoms with E-state index in [2.05, 4.69) is 41.8 Å². The Morgan fingerprint density at radius 3 is 2.59 bits per heavy atom. The van der Waals surface area contributed by atoms with E-state index in [9.17, 15) is 5.11 Å². The molecule has 0 amide bonds. The van der Waals surface area contributed by atoms with Gasteiger partial charge in [-0.3, -0.25) is 0 Å². The molecular formula is C13H20INO2. The van der Waals surface area contributed by atoms with Gasteiger partial charge in [0.05, 0.1) is 0 Å². The van der Waals surface area contributed by atoms with Crippen molar-refractivity contribution in [3.8, 4) is 5.75 Å². The zero-order valence-electron chi connectivity index (χ0n) is 10.3. The number of nitrogens with one attached hydrogen (secondary N) is 1. The van der Waals surface area contributed by atoms with Gasteiger partial charge in [-0.1, -0.05) is 6.92 Å². The number of ether oxygens (including phenoxy) is 1. The molecule has 0 heterocycles. The van der Waals surface area contributed by atoms with E-state index in [1.807, 2.05) is 24.3 Å². The first-order chi connectivity index (χ1) is 8.11. The van der Waals surface area contributed by atoms with Crippen LogP contribution in [0.5, 0.6) is 5.75 Å². The van der Waals surface area contributed by atoms with Gasteiger partial charge in [0.1, 0.15) is 18.5 Å². The van der Waals surface area contributed by atoms with Crippen LogP contribution in [-0.4, -0.2) is 30.4 Å². The lowest BCUT2D eigenvalue weighted by atomic mass is 10.2. The Balaban J connectivity index is 2.23. The summed E-state index contributed by atoms with van der Waals surface area (Å²) >= 11 is 2.25. The van der Waals surface area contributed by atoms with E-state index >= 15 is 0 Å². The third-order valence-electron chi connectivity index (χ3n) is 2.57.